The minimum absolute atomic E-state index is 0.142. The van der Waals surface area contributed by atoms with Crippen molar-refractivity contribution in [3.05, 3.63) is 23.8 Å². The van der Waals surface area contributed by atoms with E-state index in [1.54, 1.807) is 27.3 Å². The molecular formula is C18H25NO5. The van der Waals surface area contributed by atoms with E-state index >= 15 is 0 Å². The molecule has 1 aromatic carbocycles. The van der Waals surface area contributed by atoms with Crippen LogP contribution in [0.25, 0.3) is 0 Å². The van der Waals surface area contributed by atoms with Gasteiger partial charge in [0.2, 0.25) is 5.91 Å². The molecule has 0 heterocycles. The SMILES string of the molecule is COc1ccc(C2(C(=O)N(C)CC(=O)O)CCCCC2)cc1OC. The third-order valence-corrected chi connectivity index (χ3v) is 4.77. The molecule has 1 N–H and O–H groups in total. The van der Waals surface area contributed by atoms with Gasteiger partial charge in [-0.25, -0.2) is 0 Å². The van der Waals surface area contributed by atoms with Gasteiger partial charge in [0, 0.05) is 7.05 Å². The van der Waals surface area contributed by atoms with E-state index in [0.29, 0.717) is 24.3 Å². The molecule has 1 aromatic rings. The number of hydrogen-bond acceptors (Lipinski definition) is 4. The van der Waals surface area contributed by atoms with Gasteiger partial charge >= 0.3 is 5.97 Å². The molecule has 0 aromatic heterocycles. The highest BCUT2D eigenvalue weighted by atomic mass is 16.5. The van der Waals surface area contributed by atoms with Crippen LogP contribution in [-0.4, -0.2) is 49.7 Å². The minimum Gasteiger partial charge on any atom is -0.493 e. The van der Waals surface area contributed by atoms with Crippen molar-refractivity contribution < 1.29 is 24.2 Å². The standard InChI is InChI=1S/C18H25NO5/c1-19(12-16(20)21)17(22)18(9-5-4-6-10-18)13-7-8-14(23-2)15(11-13)24-3/h7-8,11H,4-6,9-10,12H2,1-3H3,(H,20,21). The Bertz CT molecular complexity index is 607. The van der Waals surface area contributed by atoms with Crippen LogP contribution in [-0.2, 0) is 15.0 Å². The third kappa shape index (κ3) is 3.47. The van der Waals surface area contributed by atoms with Gasteiger partial charge in [-0.05, 0) is 30.5 Å². The fraction of sp³-hybridized carbons (Fsp3) is 0.556. The van der Waals surface area contributed by atoms with E-state index in [0.717, 1.165) is 24.8 Å². The van der Waals surface area contributed by atoms with Crippen molar-refractivity contribution in [2.45, 2.75) is 37.5 Å². The first-order valence-electron chi connectivity index (χ1n) is 8.14. The molecule has 0 unspecified atom stereocenters. The average Bonchev–Trinajstić information content (AvgIpc) is 2.60. The van der Waals surface area contributed by atoms with Crippen LogP contribution in [0.4, 0.5) is 0 Å². The molecule has 132 valence electrons. The Morgan fingerprint density at radius 3 is 2.29 bits per heavy atom. The van der Waals surface area contributed by atoms with Crippen LogP contribution < -0.4 is 9.47 Å². The number of ether oxygens (including phenoxy) is 2. The van der Waals surface area contributed by atoms with E-state index in [-0.39, 0.29) is 12.5 Å². The van der Waals surface area contributed by atoms with Crippen LogP contribution in [0.3, 0.4) is 0 Å². The normalized spacial score (nSPS) is 16.3. The lowest BCUT2D eigenvalue weighted by molar-refractivity contribution is -0.146. The summed E-state index contributed by atoms with van der Waals surface area (Å²) < 4.78 is 10.6. The second kappa shape index (κ2) is 7.55. The molecule has 1 saturated carbocycles. The van der Waals surface area contributed by atoms with Gasteiger partial charge in [0.25, 0.3) is 0 Å². The average molecular weight is 335 g/mol. The molecule has 1 aliphatic carbocycles. The molecule has 24 heavy (non-hydrogen) atoms. The van der Waals surface area contributed by atoms with Crippen LogP contribution in [0, 0.1) is 0 Å². The molecule has 0 spiro atoms. The highest BCUT2D eigenvalue weighted by Gasteiger charge is 2.43. The Hall–Kier alpha value is -2.24. The molecule has 0 saturated heterocycles. The minimum atomic E-state index is -1.01. The highest BCUT2D eigenvalue weighted by Crippen LogP contribution is 2.43. The molecule has 0 atom stereocenters. The predicted molar refractivity (Wildman–Crippen MR) is 89.6 cm³/mol. The van der Waals surface area contributed by atoms with Crippen LogP contribution in [0.2, 0.25) is 0 Å². The van der Waals surface area contributed by atoms with Gasteiger partial charge in [0.05, 0.1) is 19.6 Å². The summed E-state index contributed by atoms with van der Waals surface area (Å²) in [6, 6.07) is 5.53. The summed E-state index contributed by atoms with van der Waals surface area (Å²) in [5, 5.41) is 9.01. The fourth-order valence-corrected chi connectivity index (χ4v) is 3.56. The van der Waals surface area contributed by atoms with E-state index in [9.17, 15) is 9.59 Å². The van der Waals surface area contributed by atoms with E-state index in [2.05, 4.69) is 0 Å². The smallest absolute Gasteiger partial charge is 0.323 e. The molecule has 0 bridgehead atoms. The first-order valence-corrected chi connectivity index (χ1v) is 8.14. The number of hydrogen-bond donors (Lipinski definition) is 1. The number of rotatable bonds is 6. The summed E-state index contributed by atoms with van der Waals surface area (Å²) in [5.41, 5.74) is 0.171. The first-order chi connectivity index (χ1) is 11.4. The van der Waals surface area contributed by atoms with Gasteiger partial charge in [-0.3, -0.25) is 9.59 Å². The van der Waals surface area contributed by atoms with Crippen molar-refractivity contribution in [1.82, 2.24) is 4.90 Å². The molecule has 6 nitrogen and oxygen atoms in total. The van der Waals surface area contributed by atoms with Gasteiger partial charge in [-0.2, -0.15) is 0 Å². The highest BCUT2D eigenvalue weighted by molar-refractivity contribution is 5.90. The van der Waals surface area contributed by atoms with Crippen molar-refractivity contribution in [3.8, 4) is 11.5 Å². The van der Waals surface area contributed by atoms with E-state index in [1.165, 1.54) is 4.90 Å². The summed E-state index contributed by atoms with van der Waals surface area (Å²) in [7, 11) is 4.68. The summed E-state index contributed by atoms with van der Waals surface area (Å²) in [5.74, 6) is 0.0353. The second-order valence-electron chi connectivity index (χ2n) is 6.27. The van der Waals surface area contributed by atoms with Crippen LogP contribution in [0.5, 0.6) is 11.5 Å². The lowest BCUT2D eigenvalue weighted by atomic mass is 9.68. The van der Waals surface area contributed by atoms with Crippen molar-refractivity contribution in [3.63, 3.8) is 0 Å². The zero-order valence-electron chi connectivity index (χ0n) is 14.5. The maximum Gasteiger partial charge on any atom is 0.323 e. The quantitative estimate of drug-likeness (QED) is 0.864. The summed E-state index contributed by atoms with van der Waals surface area (Å²) >= 11 is 0. The lowest BCUT2D eigenvalue weighted by Crippen LogP contribution is -2.48. The summed E-state index contributed by atoms with van der Waals surface area (Å²) in [4.78, 5) is 25.4. The monoisotopic (exact) mass is 335 g/mol. The Labute approximate surface area is 142 Å². The van der Waals surface area contributed by atoms with Crippen molar-refractivity contribution in [2.75, 3.05) is 27.8 Å². The van der Waals surface area contributed by atoms with Crippen molar-refractivity contribution in [2.24, 2.45) is 0 Å². The molecular weight excluding hydrogens is 310 g/mol. The molecule has 2 rings (SSSR count). The summed E-state index contributed by atoms with van der Waals surface area (Å²) in [6.45, 7) is -0.298. The van der Waals surface area contributed by atoms with Gasteiger partial charge in [0.15, 0.2) is 11.5 Å². The maximum atomic E-state index is 13.1. The molecule has 0 aliphatic heterocycles. The second-order valence-corrected chi connectivity index (χ2v) is 6.27. The number of aliphatic carboxylic acids is 1. The number of carbonyl (C=O) groups is 2. The van der Waals surface area contributed by atoms with Gasteiger partial charge < -0.3 is 19.5 Å². The predicted octanol–water partition coefficient (Wildman–Crippen LogP) is 2.45. The Morgan fingerprint density at radius 1 is 1.12 bits per heavy atom. The van der Waals surface area contributed by atoms with Gasteiger partial charge in [-0.1, -0.05) is 25.3 Å². The van der Waals surface area contributed by atoms with Gasteiger partial charge in [-0.15, -0.1) is 0 Å². The Morgan fingerprint density at radius 2 is 1.75 bits per heavy atom. The van der Waals surface area contributed by atoms with Crippen LogP contribution >= 0.6 is 0 Å². The number of carbonyl (C=O) groups excluding carboxylic acids is 1. The largest absolute Gasteiger partial charge is 0.493 e. The molecule has 0 radical (unpaired) electrons. The topological polar surface area (TPSA) is 76.1 Å². The zero-order valence-corrected chi connectivity index (χ0v) is 14.5. The van der Waals surface area contributed by atoms with Crippen LogP contribution in [0.15, 0.2) is 18.2 Å². The molecule has 1 fully saturated rings. The number of benzene rings is 1. The molecule has 6 heteroatoms. The summed E-state index contributed by atoms with van der Waals surface area (Å²) in [6.07, 6.45) is 4.41. The number of carboxylic acid groups (broad SMARTS) is 1. The van der Waals surface area contributed by atoms with Gasteiger partial charge in [0.1, 0.15) is 6.54 Å². The Kier molecular flexibility index (Phi) is 5.70. The zero-order chi connectivity index (χ0) is 17.7. The number of amides is 1. The molecule has 1 aliphatic rings. The number of likely N-dealkylation sites (N-methyl/N-ethyl adjacent to an activating group) is 1. The maximum absolute atomic E-state index is 13.1. The fourth-order valence-electron chi connectivity index (χ4n) is 3.56. The lowest BCUT2D eigenvalue weighted by Gasteiger charge is -2.39. The number of nitrogens with zero attached hydrogens (tertiary/aromatic N) is 1. The Balaban J connectivity index is 2.44. The number of methoxy groups -OCH3 is 2. The van der Waals surface area contributed by atoms with Crippen molar-refractivity contribution in [1.29, 1.82) is 0 Å². The first kappa shape index (κ1) is 18.1. The molecule has 1 amide bonds. The van der Waals surface area contributed by atoms with E-state index in [4.69, 9.17) is 14.6 Å². The third-order valence-electron chi connectivity index (χ3n) is 4.77. The van der Waals surface area contributed by atoms with Crippen molar-refractivity contribution >= 4 is 11.9 Å². The van der Waals surface area contributed by atoms with E-state index in [1.807, 2.05) is 12.1 Å². The van der Waals surface area contributed by atoms with Crippen LogP contribution in [0.1, 0.15) is 37.7 Å². The van der Waals surface area contributed by atoms with E-state index < -0.39 is 11.4 Å². The number of carboxylic acids is 1.